The molecule has 0 radical (unpaired) electrons. The van der Waals surface area contributed by atoms with Gasteiger partial charge in [0.05, 0.1) is 23.8 Å². The van der Waals surface area contributed by atoms with Crippen molar-refractivity contribution >= 4 is 11.6 Å². The minimum atomic E-state index is -1.41. The van der Waals surface area contributed by atoms with Crippen molar-refractivity contribution in [1.29, 1.82) is 0 Å². The van der Waals surface area contributed by atoms with Crippen molar-refractivity contribution in [3.63, 3.8) is 0 Å². The van der Waals surface area contributed by atoms with E-state index in [4.69, 9.17) is 9.47 Å². The second-order valence-electron chi connectivity index (χ2n) is 9.50. The summed E-state index contributed by atoms with van der Waals surface area (Å²) in [6.45, 7) is 16.6. The molecule has 6 nitrogen and oxygen atoms in total. The zero-order valence-corrected chi connectivity index (χ0v) is 19.7. The van der Waals surface area contributed by atoms with Gasteiger partial charge < -0.3 is 14.6 Å². The van der Waals surface area contributed by atoms with Gasteiger partial charge in [0.15, 0.2) is 11.6 Å². The van der Waals surface area contributed by atoms with Crippen LogP contribution in [0.3, 0.4) is 0 Å². The lowest BCUT2D eigenvalue weighted by Crippen LogP contribution is -2.62. The highest BCUT2D eigenvalue weighted by atomic mass is 16.5. The number of carbonyl (C=O) groups excluding carboxylic acids is 2. The molecule has 0 aromatic rings. The van der Waals surface area contributed by atoms with Gasteiger partial charge in [-0.1, -0.05) is 20.3 Å². The Kier molecular flexibility index (Phi) is 9.98. The highest BCUT2D eigenvalue weighted by Gasteiger charge is 2.44. The number of rotatable bonds is 14. The first-order valence-corrected chi connectivity index (χ1v) is 10.3. The SMILES string of the molecule is CCCC(NC(C)(C)C(=O)C(C)(C)OCCC(C)(C)OC)C(=O)[C@@](C)(O)CC. The Bertz CT molecular complexity index is 523. The van der Waals surface area contributed by atoms with Gasteiger partial charge in [0.25, 0.3) is 0 Å². The number of nitrogens with one attached hydrogen (secondary N) is 1. The van der Waals surface area contributed by atoms with Gasteiger partial charge in [0.2, 0.25) is 0 Å². The number of ether oxygens (including phenoxy) is 2. The van der Waals surface area contributed by atoms with Crippen LogP contribution in [-0.4, -0.2) is 58.8 Å². The molecule has 1 unspecified atom stereocenters. The van der Waals surface area contributed by atoms with Gasteiger partial charge in [-0.2, -0.15) is 0 Å². The van der Waals surface area contributed by atoms with Crippen LogP contribution in [0, 0.1) is 0 Å². The Hall–Kier alpha value is -0.820. The number of carbonyl (C=O) groups is 2. The predicted octanol–water partition coefficient (Wildman–Crippen LogP) is 3.43. The Morgan fingerprint density at radius 2 is 1.57 bits per heavy atom. The molecule has 0 bridgehead atoms. The number of hydrogen-bond donors (Lipinski definition) is 2. The summed E-state index contributed by atoms with van der Waals surface area (Å²) in [5.74, 6) is -0.418. The van der Waals surface area contributed by atoms with Crippen LogP contribution in [0.4, 0.5) is 0 Å². The van der Waals surface area contributed by atoms with Crippen LogP contribution in [0.2, 0.25) is 0 Å². The molecule has 0 aromatic carbocycles. The maximum atomic E-state index is 13.2. The van der Waals surface area contributed by atoms with E-state index in [9.17, 15) is 14.7 Å². The summed E-state index contributed by atoms with van der Waals surface area (Å²) in [6, 6.07) is -0.595. The summed E-state index contributed by atoms with van der Waals surface area (Å²) in [5.41, 5.74) is -3.74. The summed E-state index contributed by atoms with van der Waals surface area (Å²) in [4.78, 5) is 26.0. The van der Waals surface area contributed by atoms with Crippen LogP contribution in [0.1, 0.15) is 88.0 Å². The van der Waals surface area contributed by atoms with Crippen molar-refractivity contribution in [3.8, 4) is 0 Å². The molecule has 0 fully saturated rings. The van der Waals surface area contributed by atoms with Gasteiger partial charge in [0.1, 0.15) is 11.2 Å². The third-order valence-corrected chi connectivity index (χ3v) is 5.48. The number of ketones is 2. The lowest BCUT2D eigenvalue weighted by molar-refractivity contribution is -0.150. The fraction of sp³-hybridized carbons (Fsp3) is 0.909. The normalized spacial score (nSPS) is 16.5. The van der Waals surface area contributed by atoms with E-state index >= 15 is 0 Å². The zero-order valence-electron chi connectivity index (χ0n) is 19.7. The summed E-state index contributed by atoms with van der Waals surface area (Å²) >= 11 is 0. The molecule has 2 atom stereocenters. The quantitative estimate of drug-likeness (QED) is 0.464. The monoisotopic (exact) mass is 401 g/mol. The number of Topliss-reactive ketones (excluding diaryl/α,β-unsaturated/α-hetero) is 2. The van der Waals surface area contributed by atoms with E-state index in [0.717, 1.165) is 6.42 Å². The Labute approximate surface area is 171 Å². The molecular weight excluding hydrogens is 358 g/mol. The van der Waals surface area contributed by atoms with Crippen LogP contribution in [-0.2, 0) is 19.1 Å². The van der Waals surface area contributed by atoms with Gasteiger partial charge in [0, 0.05) is 7.11 Å². The largest absolute Gasteiger partial charge is 0.382 e. The zero-order chi connectivity index (χ0) is 22.4. The Morgan fingerprint density at radius 3 is 2.00 bits per heavy atom. The average molecular weight is 402 g/mol. The van der Waals surface area contributed by atoms with Gasteiger partial charge in [-0.15, -0.1) is 0 Å². The summed E-state index contributed by atoms with van der Waals surface area (Å²) < 4.78 is 11.3. The molecule has 166 valence electrons. The first-order valence-electron chi connectivity index (χ1n) is 10.3. The van der Waals surface area contributed by atoms with Crippen molar-refractivity contribution in [1.82, 2.24) is 5.32 Å². The molecular formula is C22H43NO5. The van der Waals surface area contributed by atoms with Crippen molar-refractivity contribution in [2.75, 3.05) is 13.7 Å². The van der Waals surface area contributed by atoms with E-state index in [1.165, 1.54) is 6.92 Å². The second-order valence-corrected chi connectivity index (χ2v) is 9.50. The van der Waals surface area contributed by atoms with E-state index in [-0.39, 0.29) is 17.2 Å². The molecule has 0 saturated heterocycles. The second kappa shape index (κ2) is 10.3. The molecule has 0 heterocycles. The van der Waals surface area contributed by atoms with Crippen LogP contribution in [0.5, 0.6) is 0 Å². The average Bonchev–Trinajstić information content (AvgIpc) is 2.59. The van der Waals surface area contributed by atoms with Crippen LogP contribution >= 0.6 is 0 Å². The topological polar surface area (TPSA) is 84.9 Å². The minimum absolute atomic E-state index is 0.139. The molecule has 2 N–H and O–H groups in total. The van der Waals surface area contributed by atoms with E-state index in [0.29, 0.717) is 25.9 Å². The molecule has 28 heavy (non-hydrogen) atoms. The maximum Gasteiger partial charge on any atom is 0.183 e. The third-order valence-electron chi connectivity index (χ3n) is 5.48. The molecule has 6 heteroatoms. The predicted molar refractivity (Wildman–Crippen MR) is 113 cm³/mol. The molecule has 0 aliphatic heterocycles. The maximum absolute atomic E-state index is 13.2. The van der Waals surface area contributed by atoms with E-state index in [1.54, 1.807) is 41.7 Å². The number of aliphatic hydroxyl groups is 1. The van der Waals surface area contributed by atoms with Crippen molar-refractivity contribution < 1.29 is 24.2 Å². The van der Waals surface area contributed by atoms with Gasteiger partial charge in [-0.05, 0) is 67.7 Å². The van der Waals surface area contributed by atoms with E-state index in [2.05, 4.69) is 5.32 Å². The van der Waals surface area contributed by atoms with Crippen LogP contribution in [0.25, 0.3) is 0 Å². The molecule has 0 aromatic heterocycles. The van der Waals surface area contributed by atoms with Crippen LogP contribution < -0.4 is 5.32 Å². The Morgan fingerprint density at radius 1 is 1.04 bits per heavy atom. The highest BCUT2D eigenvalue weighted by molar-refractivity contribution is 5.96. The molecule has 0 rings (SSSR count). The summed E-state index contributed by atoms with van der Waals surface area (Å²) in [7, 11) is 1.65. The molecule has 0 amide bonds. The smallest absolute Gasteiger partial charge is 0.183 e. The van der Waals surface area contributed by atoms with Gasteiger partial charge in [-0.3, -0.25) is 14.9 Å². The standard InChI is InChI=1S/C22H43NO5/c1-11-13-16(17(24)22(9,26)12-2)23-20(5,6)18(25)21(7,8)28-15-14-19(3,4)27-10/h16,23,26H,11-15H2,1-10H3/t16?,22-/m0/s1. The lowest BCUT2D eigenvalue weighted by atomic mass is 9.84. The molecule has 0 aliphatic rings. The lowest BCUT2D eigenvalue weighted by Gasteiger charge is -2.38. The Balaban J connectivity index is 5.26. The minimum Gasteiger partial charge on any atom is -0.382 e. The fourth-order valence-electron chi connectivity index (χ4n) is 3.08. The fourth-order valence-corrected chi connectivity index (χ4v) is 3.08. The van der Waals surface area contributed by atoms with E-state index in [1.807, 2.05) is 20.8 Å². The molecule has 0 aliphatic carbocycles. The summed E-state index contributed by atoms with van der Waals surface area (Å²) in [5, 5.41) is 13.6. The van der Waals surface area contributed by atoms with Crippen LogP contribution in [0.15, 0.2) is 0 Å². The highest BCUT2D eigenvalue weighted by Crippen LogP contribution is 2.24. The number of hydrogen-bond acceptors (Lipinski definition) is 6. The molecule has 0 spiro atoms. The summed E-state index contributed by atoms with van der Waals surface area (Å²) in [6.07, 6.45) is 2.30. The number of methoxy groups -OCH3 is 1. The van der Waals surface area contributed by atoms with Gasteiger partial charge in [-0.25, -0.2) is 0 Å². The third kappa shape index (κ3) is 7.90. The van der Waals surface area contributed by atoms with E-state index < -0.39 is 22.8 Å². The van der Waals surface area contributed by atoms with Gasteiger partial charge >= 0.3 is 0 Å². The molecule has 0 saturated carbocycles. The van der Waals surface area contributed by atoms with Crippen molar-refractivity contribution in [2.24, 2.45) is 0 Å². The first-order chi connectivity index (χ1) is 12.6. The van der Waals surface area contributed by atoms with Crippen molar-refractivity contribution in [3.05, 3.63) is 0 Å². The van der Waals surface area contributed by atoms with Crippen molar-refractivity contribution in [2.45, 2.75) is 116 Å². The first kappa shape index (κ1) is 27.2.